The Labute approximate surface area is 125 Å². The average molecular weight is 307 g/mol. The Morgan fingerprint density at radius 3 is 2.33 bits per heavy atom. The van der Waals surface area contributed by atoms with Gasteiger partial charge in [-0.1, -0.05) is 23.7 Å². The molecule has 0 bridgehead atoms. The Morgan fingerprint density at radius 1 is 1.00 bits per heavy atom. The average Bonchev–Trinajstić information content (AvgIpc) is 2.41. The zero-order valence-corrected chi connectivity index (χ0v) is 11.4. The number of urea groups is 1. The number of nitrogens with one attached hydrogen (secondary N) is 2. The quantitative estimate of drug-likeness (QED) is 0.653. The van der Waals surface area contributed by atoms with Crippen LogP contribution in [0.2, 0.25) is 5.02 Å². The van der Waals surface area contributed by atoms with Crippen molar-refractivity contribution in [2.24, 2.45) is 0 Å². The third kappa shape index (κ3) is 3.64. The predicted molar refractivity (Wildman–Crippen MR) is 79.2 cm³/mol. The number of carbonyl (C=O) groups excluding carboxylic acids is 1. The van der Waals surface area contributed by atoms with Gasteiger partial charge in [0.25, 0.3) is 0 Å². The summed E-state index contributed by atoms with van der Waals surface area (Å²) in [6.45, 7) is 0. The lowest BCUT2D eigenvalue weighted by Gasteiger charge is -2.11. The molecule has 6 nitrogen and oxygen atoms in total. The van der Waals surface area contributed by atoms with Crippen LogP contribution in [-0.4, -0.2) is 22.2 Å². The molecule has 0 spiro atoms. The molecule has 0 radical (unpaired) electrons. The van der Waals surface area contributed by atoms with E-state index in [0.717, 1.165) is 0 Å². The van der Waals surface area contributed by atoms with E-state index in [1.165, 1.54) is 30.3 Å². The fourth-order valence-corrected chi connectivity index (χ4v) is 1.83. The SMILES string of the molecule is O=C(Nc1ccccc1O)Nc1cc(Cl)ccc1C(=O)O. The monoisotopic (exact) mass is 306 g/mol. The maximum atomic E-state index is 11.9. The Morgan fingerprint density at radius 2 is 1.67 bits per heavy atom. The van der Waals surface area contributed by atoms with E-state index >= 15 is 0 Å². The second-order valence-corrected chi connectivity index (χ2v) is 4.53. The molecule has 0 unspecified atom stereocenters. The van der Waals surface area contributed by atoms with Crippen molar-refractivity contribution in [2.45, 2.75) is 0 Å². The summed E-state index contributed by atoms with van der Waals surface area (Å²) in [6.07, 6.45) is 0. The highest BCUT2D eigenvalue weighted by molar-refractivity contribution is 6.31. The van der Waals surface area contributed by atoms with Gasteiger partial charge in [0.2, 0.25) is 0 Å². The van der Waals surface area contributed by atoms with Gasteiger partial charge in [0.15, 0.2) is 0 Å². The number of phenolic OH excluding ortho intramolecular Hbond substituents is 1. The minimum atomic E-state index is -1.19. The number of aromatic carboxylic acids is 1. The van der Waals surface area contributed by atoms with Gasteiger partial charge >= 0.3 is 12.0 Å². The second-order valence-electron chi connectivity index (χ2n) is 4.09. The molecule has 2 aromatic carbocycles. The number of carboxylic acid groups (broad SMARTS) is 1. The normalized spacial score (nSPS) is 9.95. The van der Waals surface area contributed by atoms with Gasteiger partial charge in [-0.15, -0.1) is 0 Å². The van der Waals surface area contributed by atoms with Crippen molar-refractivity contribution in [2.75, 3.05) is 10.6 Å². The van der Waals surface area contributed by atoms with Crippen molar-refractivity contribution in [1.29, 1.82) is 0 Å². The van der Waals surface area contributed by atoms with Gasteiger partial charge < -0.3 is 20.8 Å². The van der Waals surface area contributed by atoms with Crippen LogP contribution < -0.4 is 10.6 Å². The molecule has 2 amide bonds. The molecule has 21 heavy (non-hydrogen) atoms. The van der Waals surface area contributed by atoms with Gasteiger partial charge in [-0.05, 0) is 30.3 Å². The fourth-order valence-electron chi connectivity index (χ4n) is 1.66. The first kappa shape index (κ1) is 14.7. The van der Waals surface area contributed by atoms with E-state index in [1.54, 1.807) is 12.1 Å². The lowest BCUT2D eigenvalue weighted by atomic mass is 10.2. The van der Waals surface area contributed by atoms with Crippen molar-refractivity contribution < 1.29 is 19.8 Å². The maximum absolute atomic E-state index is 11.9. The lowest BCUT2D eigenvalue weighted by Crippen LogP contribution is -2.21. The summed E-state index contributed by atoms with van der Waals surface area (Å²) in [7, 11) is 0. The fraction of sp³-hybridized carbons (Fsp3) is 0. The number of hydrogen-bond acceptors (Lipinski definition) is 3. The summed E-state index contributed by atoms with van der Waals surface area (Å²) in [5.41, 5.74) is 0.170. The number of anilines is 2. The Kier molecular flexibility index (Phi) is 4.30. The molecular formula is C14H11ClN2O4. The van der Waals surface area contributed by atoms with Crippen LogP contribution in [0.4, 0.5) is 16.2 Å². The molecule has 0 aromatic heterocycles. The smallest absolute Gasteiger partial charge is 0.337 e. The molecule has 0 fully saturated rings. The molecule has 2 rings (SSSR count). The van der Waals surface area contributed by atoms with Crippen LogP contribution in [-0.2, 0) is 0 Å². The van der Waals surface area contributed by atoms with Crippen molar-refractivity contribution >= 4 is 35.0 Å². The largest absolute Gasteiger partial charge is 0.506 e. The third-order valence-electron chi connectivity index (χ3n) is 2.61. The molecule has 0 atom stereocenters. The summed E-state index contributed by atoms with van der Waals surface area (Å²) in [5.74, 6) is -1.29. The highest BCUT2D eigenvalue weighted by Gasteiger charge is 2.13. The number of benzene rings is 2. The van der Waals surface area contributed by atoms with Crippen LogP contribution in [0.15, 0.2) is 42.5 Å². The van der Waals surface area contributed by atoms with E-state index in [4.69, 9.17) is 16.7 Å². The molecule has 2 aromatic rings. The Balaban J connectivity index is 2.18. The highest BCUT2D eigenvalue weighted by atomic mass is 35.5. The first-order valence-corrected chi connectivity index (χ1v) is 6.24. The van der Waals surface area contributed by atoms with Crippen LogP contribution in [0.5, 0.6) is 5.75 Å². The number of amides is 2. The number of aromatic hydroxyl groups is 1. The number of halogens is 1. The Hall–Kier alpha value is -2.73. The lowest BCUT2D eigenvalue weighted by molar-refractivity contribution is 0.0698. The van der Waals surface area contributed by atoms with Gasteiger partial charge in [-0.2, -0.15) is 0 Å². The number of phenols is 1. The standard InChI is InChI=1S/C14H11ClN2O4/c15-8-5-6-9(13(19)20)11(7-8)17-14(21)16-10-3-1-2-4-12(10)18/h1-7,18H,(H,19,20)(H2,16,17,21). The third-order valence-corrected chi connectivity index (χ3v) is 2.85. The summed E-state index contributed by atoms with van der Waals surface area (Å²) >= 11 is 5.79. The van der Waals surface area contributed by atoms with Gasteiger partial charge in [0.1, 0.15) is 5.75 Å². The van der Waals surface area contributed by atoms with E-state index in [1.807, 2.05) is 0 Å². The summed E-state index contributed by atoms with van der Waals surface area (Å²) < 4.78 is 0. The molecule has 0 saturated carbocycles. The Bertz CT molecular complexity index is 703. The first-order valence-electron chi connectivity index (χ1n) is 5.86. The molecule has 0 heterocycles. The van der Waals surface area contributed by atoms with E-state index in [9.17, 15) is 14.7 Å². The van der Waals surface area contributed by atoms with Crippen LogP contribution in [0.1, 0.15) is 10.4 Å². The minimum Gasteiger partial charge on any atom is -0.506 e. The molecule has 0 aliphatic carbocycles. The van der Waals surface area contributed by atoms with Crippen LogP contribution in [0.3, 0.4) is 0 Å². The summed E-state index contributed by atoms with van der Waals surface area (Å²) in [5, 5.41) is 23.7. The zero-order valence-electron chi connectivity index (χ0n) is 10.6. The molecule has 7 heteroatoms. The van der Waals surface area contributed by atoms with Crippen LogP contribution >= 0.6 is 11.6 Å². The molecule has 4 N–H and O–H groups in total. The number of rotatable bonds is 3. The molecular weight excluding hydrogens is 296 g/mol. The van der Waals surface area contributed by atoms with Crippen molar-refractivity contribution in [3.05, 3.63) is 53.1 Å². The zero-order chi connectivity index (χ0) is 15.4. The molecule has 0 saturated heterocycles. The van der Waals surface area contributed by atoms with Crippen molar-refractivity contribution in [3.8, 4) is 5.75 Å². The van der Waals surface area contributed by atoms with E-state index < -0.39 is 12.0 Å². The number of hydrogen-bond donors (Lipinski definition) is 4. The van der Waals surface area contributed by atoms with Crippen molar-refractivity contribution in [1.82, 2.24) is 0 Å². The maximum Gasteiger partial charge on any atom is 0.337 e. The predicted octanol–water partition coefficient (Wildman–Crippen LogP) is 3.39. The second kappa shape index (κ2) is 6.15. The number of carbonyl (C=O) groups is 2. The topological polar surface area (TPSA) is 98.7 Å². The minimum absolute atomic E-state index is 0.0583. The number of carboxylic acids is 1. The van der Waals surface area contributed by atoms with Crippen LogP contribution in [0, 0.1) is 0 Å². The molecule has 0 aliphatic rings. The van der Waals surface area contributed by atoms with E-state index in [0.29, 0.717) is 0 Å². The first-order chi connectivity index (χ1) is 9.97. The number of para-hydroxylation sites is 2. The van der Waals surface area contributed by atoms with Gasteiger partial charge in [0, 0.05) is 5.02 Å². The van der Waals surface area contributed by atoms with E-state index in [2.05, 4.69) is 10.6 Å². The van der Waals surface area contributed by atoms with Crippen molar-refractivity contribution in [3.63, 3.8) is 0 Å². The molecule has 108 valence electrons. The van der Waals surface area contributed by atoms with E-state index in [-0.39, 0.29) is 27.7 Å². The van der Waals surface area contributed by atoms with Gasteiger partial charge in [-0.3, -0.25) is 0 Å². The van der Waals surface area contributed by atoms with Gasteiger partial charge in [0.05, 0.1) is 16.9 Å². The summed E-state index contributed by atoms with van der Waals surface area (Å²) in [4.78, 5) is 22.9. The summed E-state index contributed by atoms with van der Waals surface area (Å²) in [6, 6.07) is 9.51. The molecule has 0 aliphatic heterocycles. The highest BCUT2D eigenvalue weighted by Crippen LogP contribution is 2.24. The van der Waals surface area contributed by atoms with Crippen LogP contribution in [0.25, 0.3) is 0 Å². The van der Waals surface area contributed by atoms with Gasteiger partial charge in [-0.25, -0.2) is 9.59 Å².